The quantitative estimate of drug-likeness (QED) is 0.822. The van der Waals surface area contributed by atoms with E-state index in [1.165, 1.54) is 6.07 Å². The van der Waals surface area contributed by atoms with Crippen molar-refractivity contribution in [1.29, 1.82) is 0 Å². The van der Waals surface area contributed by atoms with E-state index < -0.39 is 18.2 Å². The molecule has 1 aromatic carbocycles. The maximum atomic E-state index is 13.4. The van der Waals surface area contributed by atoms with Gasteiger partial charge in [-0.25, -0.2) is 4.39 Å². The molecular formula is C13H17F3N2O. The van der Waals surface area contributed by atoms with E-state index in [1.54, 1.807) is 0 Å². The zero-order valence-corrected chi connectivity index (χ0v) is 10.7. The molecular weight excluding hydrogens is 257 g/mol. The van der Waals surface area contributed by atoms with Gasteiger partial charge >= 0.3 is 6.61 Å². The van der Waals surface area contributed by atoms with Crippen LogP contribution in [0.25, 0.3) is 0 Å². The molecule has 106 valence electrons. The predicted octanol–water partition coefficient (Wildman–Crippen LogP) is 3.75. The second kappa shape index (κ2) is 5.19. The lowest BCUT2D eigenvalue weighted by molar-refractivity contribution is -0.0521. The molecule has 1 saturated carbocycles. The van der Waals surface area contributed by atoms with E-state index in [4.69, 9.17) is 5.73 Å². The predicted molar refractivity (Wildman–Crippen MR) is 67.9 cm³/mol. The lowest BCUT2D eigenvalue weighted by Gasteiger charge is -2.27. The van der Waals surface area contributed by atoms with Crippen LogP contribution in [0.2, 0.25) is 0 Å². The summed E-state index contributed by atoms with van der Waals surface area (Å²) in [6.45, 7) is -1.02. The van der Waals surface area contributed by atoms with Gasteiger partial charge in [-0.2, -0.15) is 8.78 Å². The first kappa shape index (κ1) is 13.8. The Hall–Kier alpha value is -1.59. The van der Waals surface area contributed by atoms with Crippen molar-refractivity contribution < 1.29 is 17.9 Å². The summed E-state index contributed by atoms with van der Waals surface area (Å²) in [4.78, 5) is 0. The van der Waals surface area contributed by atoms with E-state index in [-0.39, 0.29) is 11.2 Å². The molecule has 1 aromatic rings. The molecule has 0 amide bonds. The second-order valence-electron chi connectivity index (χ2n) is 5.14. The largest absolute Gasteiger partial charge is 0.432 e. The number of nitrogen functional groups attached to an aromatic ring is 1. The molecule has 0 aromatic heterocycles. The van der Waals surface area contributed by atoms with E-state index in [9.17, 15) is 13.2 Å². The minimum atomic E-state index is -3.06. The first-order chi connectivity index (χ1) is 8.89. The Kier molecular flexibility index (Phi) is 3.78. The second-order valence-corrected chi connectivity index (χ2v) is 5.14. The van der Waals surface area contributed by atoms with Crippen LogP contribution in [-0.2, 0) is 0 Å². The molecule has 3 N–H and O–H groups in total. The SMILES string of the molecule is CC1(Nc2cc(OC(F)F)c(F)cc2N)CCCC1. The van der Waals surface area contributed by atoms with Crippen LogP contribution in [0.5, 0.6) is 5.75 Å². The first-order valence-electron chi connectivity index (χ1n) is 6.22. The highest BCUT2D eigenvalue weighted by Gasteiger charge is 2.29. The Morgan fingerprint density at radius 2 is 1.95 bits per heavy atom. The summed E-state index contributed by atoms with van der Waals surface area (Å²) >= 11 is 0. The Morgan fingerprint density at radius 3 is 2.53 bits per heavy atom. The highest BCUT2D eigenvalue weighted by molar-refractivity contribution is 5.69. The molecule has 1 fully saturated rings. The van der Waals surface area contributed by atoms with Crippen molar-refractivity contribution in [2.24, 2.45) is 0 Å². The van der Waals surface area contributed by atoms with Gasteiger partial charge in [-0.3, -0.25) is 0 Å². The van der Waals surface area contributed by atoms with Gasteiger partial charge in [0, 0.05) is 17.7 Å². The molecule has 0 atom stereocenters. The van der Waals surface area contributed by atoms with Gasteiger partial charge in [-0.15, -0.1) is 0 Å². The summed E-state index contributed by atoms with van der Waals surface area (Å²) in [5.41, 5.74) is 6.20. The van der Waals surface area contributed by atoms with Crippen molar-refractivity contribution in [3.8, 4) is 5.75 Å². The fourth-order valence-corrected chi connectivity index (χ4v) is 2.47. The van der Waals surface area contributed by atoms with E-state index in [2.05, 4.69) is 10.1 Å². The van der Waals surface area contributed by atoms with Gasteiger partial charge in [0.2, 0.25) is 0 Å². The van der Waals surface area contributed by atoms with Gasteiger partial charge < -0.3 is 15.8 Å². The molecule has 0 radical (unpaired) electrons. The third kappa shape index (κ3) is 3.24. The summed E-state index contributed by atoms with van der Waals surface area (Å²) in [5.74, 6) is -1.38. The number of benzene rings is 1. The molecule has 3 nitrogen and oxygen atoms in total. The molecule has 0 unspecified atom stereocenters. The van der Waals surface area contributed by atoms with Gasteiger partial charge in [-0.05, 0) is 19.8 Å². The topological polar surface area (TPSA) is 47.3 Å². The van der Waals surface area contributed by atoms with Crippen LogP contribution in [0.15, 0.2) is 12.1 Å². The van der Waals surface area contributed by atoms with Crippen LogP contribution in [0, 0.1) is 5.82 Å². The van der Waals surface area contributed by atoms with Crippen LogP contribution in [0.4, 0.5) is 24.5 Å². The number of anilines is 2. The first-order valence-corrected chi connectivity index (χ1v) is 6.22. The molecule has 6 heteroatoms. The Labute approximate surface area is 109 Å². The summed E-state index contributed by atoms with van der Waals surface area (Å²) in [6.07, 6.45) is 4.14. The zero-order chi connectivity index (χ0) is 14.0. The van der Waals surface area contributed by atoms with Crippen molar-refractivity contribution in [2.75, 3.05) is 11.1 Å². The molecule has 1 aliphatic carbocycles. The third-order valence-electron chi connectivity index (χ3n) is 3.46. The Bertz CT molecular complexity index is 459. The molecule has 0 spiro atoms. The normalized spacial score (nSPS) is 17.7. The summed E-state index contributed by atoms with van der Waals surface area (Å²) in [6, 6.07) is 2.19. The molecule has 2 rings (SSSR count). The maximum Gasteiger partial charge on any atom is 0.387 e. The molecule has 19 heavy (non-hydrogen) atoms. The van der Waals surface area contributed by atoms with Crippen molar-refractivity contribution in [3.63, 3.8) is 0 Å². The highest BCUT2D eigenvalue weighted by Crippen LogP contribution is 2.36. The molecule has 1 aliphatic rings. The third-order valence-corrected chi connectivity index (χ3v) is 3.46. The number of nitrogens with two attached hydrogens (primary N) is 1. The van der Waals surface area contributed by atoms with Crippen LogP contribution in [0.1, 0.15) is 32.6 Å². The number of nitrogens with one attached hydrogen (secondary N) is 1. The number of alkyl halides is 2. The zero-order valence-electron chi connectivity index (χ0n) is 10.7. The van der Waals surface area contributed by atoms with Gasteiger partial charge in [0.1, 0.15) is 0 Å². The van der Waals surface area contributed by atoms with Crippen LogP contribution >= 0.6 is 0 Å². The van der Waals surface area contributed by atoms with Crippen molar-refractivity contribution >= 4 is 11.4 Å². The van der Waals surface area contributed by atoms with E-state index in [1.807, 2.05) is 6.92 Å². The number of hydrogen-bond donors (Lipinski definition) is 2. The molecule has 0 bridgehead atoms. The Morgan fingerprint density at radius 1 is 1.32 bits per heavy atom. The highest BCUT2D eigenvalue weighted by atomic mass is 19.3. The molecule has 0 saturated heterocycles. The number of hydrogen-bond acceptors (Lipinski definition) is 3. The molecule has 0 heterocycles. The monoisotopic (exact) mass is 274 g/mol. The van der Waals surface area contributed by atoms with Crippen LogP contribution in [-0.4, -0.2) is 12.2 Å². The lowest BCUT2D eigenvalue weighted by Crippen LogP contribution is -2.31. The van der Waals surface area contributed by atoms with Crippen molar-refractivity contribution in [1.82, 2.24) is 0 Å². The van der Waals surface area contributed by atoms with Crippen LogP contribution in [0.3, 0.4) is 0 Å². The lowest BCUT2D eigenvalue weighted by atomic mass is 10.00. The minimum Gasteiger partial charge on any atom is -0.432 e. The summed E-state index contributed by atoms with van der Waals surface area (Å²) in [7, 11) is 0. The van der Waals surface area contributed by atoms with E-state index in [0.29, 0.717) is 5.69 Å². The summed E-state index contributed by atoms with van der Waals surface area (Å²) < 4.78 is 41.9. The number of rotatable bonds is 4. The number of ether oxygens (including phenoxy) is 1. The summed E-state index contributed by atoms with van der Waals surface area (Å²) in [5, 5.41) is 3.21. The fraction of sp³-hybridized carbons (Fsp3) is 0.538. The van der Waals surface area contributed by atoms with Gasteiger partial charge in [0.05, 0.1) is 11.4 Å². The van der Waals surface area contributed by atoms with E-state index in [0.717, 1.165) is 31.7 Å². The smallest absolute Gasteiger partial charge is 0.387 e. The van der Waals surface area contributed by atoms with Gasteiger partial charge in [0.25, 0.3) is 0 Å². The minimum absolute atomic E-state index is 0.131. The van der Waals surface area contributed by atoms with Gasteiger partial charge in [0.15, 0.2) is 11.6 Å². The van der Waals surface area contributed by atoms with Crippen molar-refractivity contribution in [2.45, 2.75) is 44.8 Å². The van der Waals surface area contributed by atoms with Crippen LogP contribution < -0.4 is 15.8 Å². The number of halogens is 3. The standard InChI is InChI=1S/C13H17F3N2O/c1-13(4-2-3-5-13)18-10-7-11(19-12(15)16)8(14)6-9(10)17/h6-7,12,18H,2-5,17H2,1H3. The molecule has 0 aliphatic heterocycles. The average molecular weight is 274 g/mol. The van der Waals surface area contributed by atoms with E-state index >= 15 is 0 Å². The van der Waals surface area contributed by atoms with Crippen molar-refractivity contribution in [3.05, 3.63) is 17.9 Å². The Balaban J connectivity index is 2.24. The fourth-order valence-electron chi connectivity index (χ4n) is 2.47. The average Bonchev–Trinajstić information content (AvgIpc) is 2.71. The maximum absolute atomic E-state index is 13.4. The van der Waals surface area contributed by atoms with Gasteiger partial charge in [-0.1, -0.05) is 12.8 Å².